The number of nitrogens with zero attached hydrogens (tertiary/aromatic N) is 1. The van der Waals surface area contributed by atoms with E-state index in [1.807, 2.05) is 12.2 Å². The van der Waals surface area contributed by atoms with Crippen LogP contribution in [0.2, 0.25) is 0 Å². The van der Waals surface area contributed by atoms with Crippen molar-refractivity contribution in [3.63, 3.8) is 0 Å². The predicted molar refractivity (Wildman–Crippen MR) is 67.1 cm³/mol. The normalized spacial score (nSPS) is 17.7. The fourth-order valence-electron chi connectivity index (χ4n) is 1.73. The lowest BCUT2D eigenvalue weighted by atomic mass is 10.2. The van der Waals surface area contributed by atoms with Gasteiger partial charge in [-0.2, -0.15) is 0 Å². The van der Waals surface area contributed by atoms with Crippen LogP contribution in [-0.2, 0) is 0 Å². The smallest absolute Gasteiger partial charge is 0.0166 e. The zero-order valence-corrected chi connectivity index (χ0v) is 9.91. The molecule has 0 saturated heterocycles. The van der Waals surface area contributed by atoms with Gasteiger partial charge in [-0.3, -0.25) is 4.90 Å². The van der Waals surface area contributed by atoms with Gasteiger partial charge in [-0.15, -0.1) is 13.2 Å². The van der Waals surface area contributed by atoms with Crippen LogP contribution in [0.15, 0.2) is 25.3 Å². The van der Waals surface area contributed by atoms with Gasteiger partial charge in [0.15, 0.2) is 0 Å². The molecule has 0 amide bonds. The monoisotopic (exact) mass is 208 g/mol. The second-order valence-electron chi connectivity index (χ2n) is 4.40. The van der Waals surface area contributed by atoms with E-state index in [1.165, 1.54) is 19.3 Å². The molecule has 15 heavy (non-hydrogen) atoms. The van der Waals surface area contributed by atoms with E-state index < -0.39 is 0 Å². The third-order valence-electron chi connectivity index (χ3n) is 2.92. The molecule has 0 spiro atoms. The molecule has 0 aliphatic heterocycles. The van der Waals surface area contributed by atoms with Gasteiger partial charge in [-0.1, -0.05) is 12.2 Å². The Morgan fingerprint density at radius 1 is 1.33 bits per heavy atom. The van der Waals surface area contributed by atoms with E-state index >= 15 is 0 Å². The van der Waals surface area contributed by atoms with E-state index in [9.17, 15) is 0 Å². The Balaban J connectivity index is 2.16. The average Bonchev–Trinajstić information content (AvgIpc) is 3.01. The van der Waals surface area contributed by atoms with Crippen molar-refractivity contribution in [3.05, 3.63) is 25.3 Å². The highest BCUT2D eigenvalue weighted by atomic mass is 15.1. The van der Waals surface area contributed by atoms with Gasteiger partial charge in [-0.05, 0) is 32.7 Å². The Kier molecular flexibility index (Phi) is 5.66. The van der Waals surface area contributed by atoms with E-state index in [4.69, 9.17) is 0 Å². The van der Waals surface area contributed by atoms with Crippen LogP contribution in [0.5, 0.6) is 0 Å². The Labute approximate surface area is 94.0 Å². The number of hydrogen-bond donors (Lipinski definition) is 1. The molecule has 2 nitrogen and oxygen atoms in total. The van der Waals surface area contributed by atoms with Crippen LogP contribution in [0.1, 0.15) is 26.2 Å². The highest BCUT2D eigenvalue weighted by Gasteiger charge is 2.20. The summed E-state index contributed by atoms with van der Waals surface area (Å²) in [4.78, 5) is 2.40. The standard InChI is InChI=1S/C13H24N2/c1-4-10-15(11-5-2)12(3)8-9-14-13-6-7-13/h4-5,12-14H,1-2,6-11H2,3H3. The molecular weight excluding hydrogens is 184 g/mol. The van der Waals surface area contributed by atoms with E-state index in [-0.39, 0.29) is 0 Å². The van der Waals surface area contributed by atoms with Crippen molar-refractivity contribution in [1.29, 1.82) is 0 Å². The summed E-state index contributed by atoms with van der Waals surface area (Å²) in [5.74, 6) is 0. The summed E-state index contributed by atoms with van der Waals surface area (Å²) in [5.41, 5.74) is 0. The molecule has 2 heteroatoms. The fourth-order valence-corrected chi connectivity index (χ4v) is 1.73. The van der Waals surface area contributed by atoms with Crippen molar-refractivity contribution in [3.8, 4) is 0 Å². The summed E-state index contributed by atoms with van der Waals surface area (Å²) in [6.45, 7) is 12.9. The molecule has 1 N–H and O–H groups in total. The third kappa shape index (κ3) is 5.14. The van der Waals surface area contributed by atoms with Gasteiger partial charge in [0.25, 0.3) is 0 Å². The van der Waals surface area contributed by atoms with Crippen LogP contribution in [-0.4, -0.2) is 36.6 Å². The average molecular weight is 208 g/mol. The van der Waals surface area contributed by atoms with Crippen LogP contribution >= 0.6 is 0 Å². The van der Waals surface area contributed by atoms with Gasteiger partial charge in [-0.25, -0.2) is 0 Å². The van der Waals surface area contributed by atoms with Gasteiger partial charge in [0, 0.05) is 25.2 Å². The molecule has 1 atom stereocenters. The zero-order chi connectivity index (χ0) is 11.1. The van der Waals surface area contributed by atoms with Crippen LogP contribution in [0.4, 0.5) is 0 Å². The van der Waals surface area contributed by atoms with E-state index in [1.54, 1.807) is 0 Å². The minimum Gasteiger partial charge on any atom is -0.314 e. The maximum absolute atomic E-state index is 3.79. The molecular formula is C13H24N2. The molecule has 0 heterocycles. The maximum Gasteiger partial charge on any atom is 0.0166 e. The SMILES string of the molecule is C=CCN(CC=C)C(C)CCNC1CC1. The second kappa shape index (κ2) is 6.81. The Morgan fingerprint density at radius 2 is 1.93 bits per heavy atom. The van der Waals surface area contributed by atoms with Gasteiger partial charge in [0.1, 0.15) is 0 Å². The molecule has 0 radical (unpaired) electrons. The fraction of sp³-hybridized carbons (Fsp3) is 0.692. The molecule has 1 fully saturated rings. The van der Waals surface area contributed by atoms with Crippen molar-refractivity contribution < 1.29 is 0 Å². The van der Waals surface area contributed by atoms with Gasteiger partial charge in [0.2, 0.25) is 0 Å². The molecule has 0 bridgehead atoms. The van der Waals surface area contributed by atoms with Gasteiger partial charge < -0.3 is 5.32 Å². The number of rotatable bonds is 9. The van der Waals surface area contributed by atoms with Crippen molar-refractivity contribution in [2.75, 3.05) is 19.6 Å². The molecule has 1 unspecified atom stereocenters. The molecule has 1 aliphatic carbocycles. The molecule has 0 aromatic rings. The zero-order valence-electron chi connectivity index (χ0n) is 9.91. The Morgan fingerprint density at radius 3 is 2.40 bits per heavy atom. The lowest BCUT2D eigenvalue weighted by molar-refractivity contribution is 0.243. The predicted octanol–water partition coefficient (Wildman–Crippen LogP) is 2.19. The first kappa shape index (κ1) is 12.5. The maximum atomic E-state index is 3.79. The largest absolute Gasteiger partial charge is 0.314 e. The lowest BCUT2D eigenvalue weighted by Gasteiger charge is -2.26. The third-order valence-corrected chi connectivity index (χ3v) is 2.92. The van der Waals surface area contributed by atoms with Crippen molar-refractivity contribution in [2.24, 2.45) is 0 Å². The minimum atomic E-state index is 0.604. The first-order chi connectivity index (χ1) is 7.27. The quantitative estimate of drug-likeness (QED) is 0.584. The number of nitrogens with one attached hydrogen (secondary N) is 1. The van der Waals surface area contributed by atoms with Crippen molar-refractivity contribution in [2.45, 2.75) is 38.3 Å². The van der Waals surface area contributed by atoms with Crippen LogP contribution in [0.25, 0.3) is 0 Å². The summed E-state index contributed by atoms with van der Waals surface area (Å²) >= 11 is 0. The first-order valence-electron chi connectivity index (χ1n) is 5.97. The van der Waals surface area contributed by atoms with Crippen LogP contribution in [0, 0.1) is 0 Å². The molecule has 0 aromatic heterocycles. The molecule has 1 saturated carbocycles. The highest BCUT2D eigenvalue weighted by Crippen LogP contribution is 2.18. The Bertz CT molecular complexity index is 187. The van der Waals surface area contributed by atoms with Crippen molar-refractivity contribution >= 4 is 0 Å². The Hall–Kier alpha value is -0.600. The molecule has 1 aliphatic rings. The summed E-state index contributed by atoms with van der Waals surface area (Å²) in [6, 6.07) is 1.43. The highest BCUT2D eigenvalue weighted by molar-refractivity contribution is 4.85. The minimum absolute atomic E-state index is 0.604. The first-order valence-corrected chi connectivity index (χ1v) is 5.97. The van der Waals surface area contributed by atoms with E-state index in [2.05, 4.69) is 30.3 Å². The van der Waals surface area contributed by atoms with Gasteiger partial charge in [0.05, 0.1) is 0 Å². The summed E-state index contributed by atoms with van der Waals surface area (Å²) < 4.78 is 0. The van der Waals surface area contributed by atoms with E-state index in [0.29, 0.717) is 6.04 Å². The molecule has 1 rings (SSSR count). The van der Waals surface area contributed by atoms with Crippen LogP contribution < -0.4 is 5.32 Å². The topological polar surface area (TPSA) is 15.3 Å². The number of hydrogen-bond acceptors (Lipinski definition) is 2. The lowest BCUT2D eigenvalue weighted by Crippen LogP contribution is -2.36. The summed E-state index contributed by atoms with van der Waals surface area (Å²) in [5, 5.41) is 3.55. The van der Waals surface area contributed by atoms with Crippen molar-refractivity contribution in [1.82, 2.24) is 10.2 Å². The molecule has 0 aromatic carbocycles. The van der Waals surface area contributed by atoms with Crippen LogP contribution in [0.3, 0.4) is 0 Å². The summed E-state index contributed by atoms with van der Waals surface area (Å²) in [7, 11) is 0. The second-order valence-corrected chi connectivity index (χ2v) is 4.40. The van der Waals surface area contributed by atoms with Gasteiger partial charge >= 0.3 is 0 Å². The summed E-state index contributed by atoms with van der Waals surface area (Å²) in [6.07, 6.45) is 7.88. The van der Waals surface area contributed by atoms with E-state index in [0.717, 1.165) is 25.7 Å². The molecule has 86 valence electrons.